The molecule has 2 rings (SSSR count). The van der Waals surface area contributed by atoms with Gasteiger partial charge in [0.15, 0.2) is 11.5 Å². The van der Waals surface area contributed by atoms with Gasteiger partial charge in [-0.25, -0.2) is 5.43 Å². The molecule has 2 aromatic rings. The number of amides is 2. The van der Waals surface area contributed by atoms with Gasteiger partial charge in [0, 0.05) is 5.69 Å². The molecule has 0 aromatic heterocycles. The van der Waals surface area contributed by atoms with Gasteiger partial charge in [-0.3, -0.25) is 9.59 Å². The lowest BCUT2D eigenvalue weighted by Crippen LogP contribution is -2.32. The van der Waals surface area contributed by atoms with Gasteiger partial charge in [-0.1, -0.05) is 6.92 Å². The van der Waals surface area contributed by atoms with Crippen LogP contribution in [-0.4, -0.2) is 38.9 Å². The fourth-order valence-electron chi connectivity index (χ4n) is 2.17. The van der Waals surface area contributed by atoms with Crippen LogP contribution < -0.4 is 25.0 Å². The predicted molar refractivity (Wildman–Crippen MR) is 106 cm³/mol. The van der Waals surface area contributed by atoms with Crippen LogP contribution in [0.1, 0.15) is 18.9 Å². The van der Waals surface area contributed by atoms with Gasteiger partial charge in [-0.15, -0.1) is 0 Å². The standard InChI is InChI=1S/C20H23N3O5/c1-4-11-28-17-10-5-14(12-18(17)27-3)13-21-23-20(25)19(24)22-15-6-8-16(26-2)9-7-15/h5-10,12-13H,4,11H2,1-3H3,(H,22,24)(H,23,25)/b21-13-. The molecule has 0 aliphatic carbocycles. The Balaban J connectivity index is 1.91. The summed E-state index contributed by atoms with van der Waals surface area (Å²) in [6.07, 6.45) is 2.29. The van der Waals surface area contributed by atoms with Gasteiger partial charge in [0.2, 0.25) is 0 Å². The lowest BCUT2D eigenvalue weighted by Gasteiger charge is -2.10. The predicted octanol–water partition coefficient (Wildman–Crippen LogP) is 2.58. The van der Waals surface area contributed by atoms with Crippen LogP contribution in [0.4, 0.5) is 5.69 Å². The molecule has 0 aliphatic rings. The first-order valence-corrected chi connectivity index (χ1v) is 8.66. The number of hydrogen-bond acceptors (Lipinski definition) is 6. The summed E-state index contributed by atoms with van der Waals surface area (Å²) >= 11 is 0. The van der Waals surface area contributed by atoms with Crippen LogP contribution in [-0.2, 0) is 9.59 Å². The Morgan fingerprint density at radius 2 is 1.75 bits per heavy atom. The molecular weight excluding hydrogens is 362 g/mol. The van der Waals surface area contributed by atoms with E-state index in [0.29, 0.717) is 35.1 Å². The normalized spacial score (nSPS) is 10.4. The third-order valence-electron chi connectivity index (χ3n) is 3.58. The highest BCUT2D eigenvalue weighted by Gasteiger charge is 2.13. The third-order valence-corrected chi connectivity index (χ3v) is 3.58. The van der Waals surface area contributed by atoms with Crippen LogP contribution in [0, 0.1) is 0 Å². The van der Waals surface area contributed by atoms with Crippen LogP contribution in [0.5, 0.6) is 17.2 Å². The van der Waals surface area contributed by atoms with Crippen molar-refractivity contribution in [3.8, 4) is 17.2 Å². The van der Waals surface area contributed by atoms with Crippen LogP contribution in [0.25, 0.3) is 0 Å². The monoisotopic (exact) mass is 385 g/mol. The number of rotatable bonds is 8. The van der Waals surface area contributed by atoms with E-state index in [9.17, 15) is 9.59 Å². The third kappa shape index (κ3) is 6.01. The van der Waals surface area contributed by atoms with Crippen molar-refractivity contribution in [1.29, 1.82) is 0 Å². The number of hydrazone groups is 1. The fourth-order valence-corrected chi connectivity index (χ4v) is 2.17. The van der Waals surface area contributed by atoms with Gasteiger partial charge in [0.05, 0.1) is 27.0 Å². The second-order valence-corrected chi connectivity index (χ2v) is 5.64. The molecule has 0 bridgehead atoms. The summed E-state index contributed by atoms with van der Waals surface area (Å²) in [5.74, 6) is 0.115. The van der Waals surface area contributed by atoms with E-state index < -0.39 is 11.8 Å². The molecule has 2 aromatic carbocycles. The van der Waals surface area contributed by atoms with E-state index in [1.807, 2.05) is 6.92 Å². The quantitative estimate of drug-likeness (QED) is 0.413. The first-order valence-electron chi connectivity index (χ1n) is 8.66. The molecule has 0 atom stereocenters. The zero-order valence-electron chi connectivity index (χ0n) is 16.0. The first kappa shape index (κ1) is 20.8. The maximum absolute atomic E-state index is 11.9. The van der Waals surface area contributed by atoms with Crippen molar-refractivity contribution < 1.29 is 23.8 Å². The van der Waals surface area contributed by atoms with E-state index in [2.05, 4.69) is 15.8 Å². The van der Waals surface area contributed by atoms with E-state index in [0.717, 1.165) is 6.42 Å². The minimum absolute atomic E-state index is 0.470. The second kappa shape index (κ2) is 10.6. The molecule has 2 amide bonds. The summed E-state index contributed by atoms with van der Waals surface area (Å²) in [6.45, 7) is 2.60. The highest BCUT2D eigenvalue weighted by molar-refractivity contribution is 6.39. The molecule has 0 spiro atoms. The minimum atomic E-state index is -0.887. The Morgan fingerprint density at radius 1 is 1.00 bits per heavy atom. The summed E-state index contributed by atoms with van der Waals surface area (Å²) < 4.78 is 15.9. The van der Waals surface area contributed by atoms with E-state index in [1.54, 1.807) is 56.7 Å². The van der Waals surface area contributed by atoms with Crippen molar-refractivity contribution in [2.24, 2.45) is 5.10 Å². The first-order chi connectivity index (χ1) is 13.6. The van der Waals surface area contributed by atoms with Gasteiger partial charge in [0.1, 0.15) is 5.75 Å². The SMILES string of the molecule is CCCOc1ccc(/C=N\NC(=O)C(=O)Nc2ccc(OC)cc2)cc1OC. The van der Waals surface area contributed by atoms with E-state index in [4.69, 9.17) is 14.2 Å². The van der Waals surface area contributed by atoms with Crippen LogP contribution >= 0.6 is 0 Å². The van der Waals surface area contributed by atoms with E-state index in [1.165, 1.54) is 6.21 Å². The fraction of sp³-hybridized carbons (Fsp3) is 0.250. The Labute approximate surface area is 163 Å². The second-order valence-electron chi connectivity index (χ2n) is 5.64. The Bertz CT molecular complexity index is 834. The molecule has 2 N–H and O–H groups in total. The molecule has 0 heterocycles. The van der Waals surface area contributed by atoms with Gasteiger partial charge >= 0.3 is 11.8 Å². The van der Waals surface area contributed by atoms with Crippen molar-refractivity contribution in [2.75, 3.05) is 26.1 Å². The molecular formula is C20H23N3O5. The number of nitrogens with zero attached hydrogens (tertiary/aromatic N) is 1. The number of hydrogen-bond donors (Lipinski definition) is 2. The van der Waals surface area contributed by atoms with Crippen molar-refractivity contribution in [3.05, 3.63) is 48.0 Å². The molecule has 0 fully saturated rings. The average Bonchev–Trinajstić information content (AvgIpc) is 2.73. The maximum Gasteiger partial charge on any atom is 0.329 e. The smallest absolute Gasteiger partial charge is 0.329 e. The van der Waals surface area contributed by atoms with Crippen LogP contribution in [0.15, 0.2) is 47.6 Å². The lowest BCUT2D eigenvalue weighted by molar-refractivity contribution is -0.136. The summed E-state index contributed by atoms with van der Waals surface area (Å²) in [4.78, 5) is 23.7. The van der Waals surface area contributed by atoms with E-state index in [-0.39, 0.29) is 0 Å². The molecule has 0 radical (unpaired) electrons. The number of methoxy groups -OCH3 is 2. The maximum atomic E-state index is 11.9. The topological polar surface area (TPSA) is 98.2 Å². The van der Waals surface area contributed by atoms with Gasteiger partial charge in [0.25, 0.3) is 0 Å². The van der Waals surface area contributed by atoms with Gasteiger partial charge in [-0.2, -0.15) is 5.10 Å². The van der Waals surface area contributed by atoms with Crippen molar-refractivity contribution in [3.63, 3.8) is 0 Å². The molecule has 0 aliphatic heterocycles. The number of anilines is 1. The Morgan fingerprint density at radius 3 is 2.39 bits per heavy atom. The molecule has 0 saturated heterocycles. The van der Waals surface area contributed by atoms with Crippen molar-refractivity contribution in [2.45, 2.75) is 13.3 Å². The zero-order chi connectivity index (χ0) is 20.4. The summed E-state index contributed by atoms with van der Waals surface area (Å²) in [5, 5.41) is 6.27. The van der Waals surface area contributed by atoms with E-state index >= 15 is 0 Å². The minimum Gasteiger partial charge on any atom is -0.497 e. The van der Waals surface area contributed by atoms with Crippen molar-refractivity contribution >= 4 is 23.7 Å². The Kier molecular flexibility index (Phi) is 7.83. The summed E-state index contributed by atoms with van der Waals surface area (Å²) in [7, 11) is 3.08. The lowest BCUT2D eigenvalue weighted by atomic mass is 10.2. The highest BCUT2D eigenvalue weighted by atomic mass is 16.5. The molecule has 8 nitrogen and oxygen atoms in total. The van der Waals surface area contributed by atoms with Crippen LogP contribution in [0.3, 0.4) is 0 Å². The molecule has 0 saturated carbocycles. The van der Waals surface area contributed by atoms with Crippen LogP contribution in [0.2, 0.25) is 0 Å². The summed E-state index contributed by atoms with van der Waals surface area (Å²) in [6, 6.07) is 11.8. The molecule has 148 valence electrons. The number of carbonyl (C=O) groups is 2. The molecule has 8 heteroatoms. The number of ether oxygens (including phenoxy) is 3. The number of nitrogens with one attached hydrogen (secondary N) is 2. The van der Waals surface area contributed by atoms with Gasteiger partial charge < -0.3 is 19.5 Å². The number of benzene rings is 2. The zero-order valence-corrected chi connectivity index (χ0v) is 16.0. The largest absolute Gasteiger partial charge is 0.497 e. The van der Waals surface area contributed by atoms with Crippen molar-refractivity contribution in [1.82, 2.24) is 5.43 Å². The average molecular weight is 385 g/mol. The number of carbonyl (C=O) groups excluding carboxylic acids is 2. The molecule has 28 heavy (non-hydrogen) atoms. The Hall–Kier alpha value is -3.55. The van der Waals surface area contributed by atoms with Gasteiger partial charge in [-0.05, 0) is 54.4 Å². The highest BCUT2D eigenvalue weighted by Crippen LogP contribution is 2.27. The molecule has 0 unspecified atom stereocenters. The summed E-state index contributed by atoms with van der Waals surface area (Å²) in [5.41, 5.74) is 3.33.